The van der Waals surface area contributed by atoms with Crippen molar-refractivity contribution in [2.45, 2.75) is 65.2 Å². The molecule has 1 rings (SSSR count). The zero-order valence-electron chi connectivity index (χ0n) is 13.6. The third kappa shape index (κ3) is 5.68. The zero-order chi connectivity index (χ0) is 17.4. The van der Waals surface area contributed by atoms with E-state index in [-0.39, 0.29) is 11.5 Å². The fourth-order valence-electron chi connectivity index (χ4n) is 2.56. The van der Waals surface area contributed by atoms with Crippen molar-refractivity contribution in [2.75, 3.05) is 0 Å². The summed E-state index contributed by atoms with van der Waals surface area (Å²) in [7, 11) is 0. The van der Waals surface area contributed by atoms with Gasteiger partial charge in [-0.05, 0) is 63.1 Å². The van der Waals surface area contributed by atoms with Crippen LogP contribution in [0.2, 0.25) is 0 Å². The maximum Gasteiger partial charge on any atom is 0.511 e. The number of carboxylic acid groups (broad SMARTS) is 1. The summed E-state index contributed by atoms with van der Waals surface area (Å²) in [6, 6.07) is 0. The van der Waals surface area contributed by atoms with Crippen molar-refractivity contribution in [2.24, 2.45) is 0 Å². The van der Waals surface area contributed by atoms with Gasteiger partial charge in [0.25, 0.3) is 0 Å². The van der Waals surface area contributed by atoms with Crippen LogP contribution in [0.4, 0.5) is 4.79 Å². The topological polar surface area (TPSA) is 66.8 Å². The second-order valence-corrected chi connectivity index (χ2v) is 7.13. The van der Waals surface area contributed by atoms with Crippen LogP contribution in [0.15, 0.2) is 8.95 Å². The first-order valence-corrected chi connectivity index (χ1v) is 9.64. The number of ether oxygens (including phenoxy) is 1. The molecule has 0 bridgehead atoms. The minimum absolute atomic E-state index is 0.0323. The minimum atomic E-state index is -1.44. The second-order valence-electron chi connectivity index (χ2n) is 5.54. The summed E-state index contributed by atoms with van der Waals surface area (Å²) in [5, 5.41) is 19.4. The number of aromatic hydroxyl groups is 1. The normalized spacial score (nSPS) is 10.8. The molecule has 0 unspecified atom stereocenters. The van der Waals surface area contributed by atoms with Gasteiger partial charge in [-0.25, -0.2) is 4.79 Å². The Bertz CT molecular complexity index is 544. The molecule has 0 saturated heterocycles. The molecule has 0 aliphatic rings. The van der Waals surface area contributed by atoms with Gasteiger partial charge in [-0.1, -0.05) is 39.5 Å². The highest BCUT2D eigenvalue weighted by atomic mass is 79.9. The van der Waals surface area contributed by atoms with Gasteiger partial charge in [0, 0.05) is 10.0 Å². The largest absolute Gasteiger partial charge is 0.511 e. The predicted octanol–water partition coefficient (Wildman–Crippen LogP) is 6.44. The molecule has 130 valence electrons. The monoisotopic (exact) mass is 450 g/mol. The molecule has 0 fully saturated rings. The Kier molecular flexibility index (Phi) is 8.99. The van der Waals surface area contributed by atoms with Crippen LogP contribution in [0.5, 0.6) is 11.5 Å². The van der Waals surface area contributed by atoms with Crippen LogP contribution in [0.1, 0.15) is 63.5 Å². The van der Waals surface area contributed by atoms with E-state index in [4.69, 9.17) is 9.84 Å². The summed E-state index contributed by atoms with van der Waals surface area (Å²) < 4.78 is 5.99. The first kappa shape index (κ1) is 20.3. The van der Waals surface area contributed by atoms with Crippen LogP contribution in [-0.2, 0) is 12.8 Å². The first-order valence-electron chi connectivity index (χ1n) is 8.06. The Labute approximate surface area is 154 Å². The Morgan fingerprint density at radius 1 is 0.957 bits per heavy atom. The highest BCUT2D eigenvalue weighted by molar-refractivity contribution is 9.13. The minimum Gasteiger partial charge on any atom is -0.504 e. The van der Waals surface area contributed by atoms with E-state index in [1.165, 1.54) is 0 Å². The van der Waals surface area contributed by atoms with E-state index in [1.807, 2.05) is 0 Å². The molecule has 23 heavy (non-hydrogen) atoms. The molecular formula is C17H24Br2O4. The summed E-state index contributed by atoms with van der Waals surface area (Å²) >= 11 is 6.88. The van der Waals surface area contributed by atoms with E-state index in [9.17, 15) is 9.90 Å². The van der Waals surface area contributed by atoms with Crippen LogP contribution < -0.4 is 4.74 Å². The summed E-state index contributed by atoms with van der Waals surface area (Å²) in [6.07, 6.45) is 6.48. The molecule has 0 aliphatic carbocycles. The van der Waals surface area contributed by atoms with Crippen molar-refractivity contribution in [3.8, 4) is 11.5 Å². The summed E-state index contributed by atoms with van der Waals surface area (Å²) in [6.45, 7) is 4.27. The number of hydrogen-bond acceptors (Lipinski definition) is 3. The van der Waals surface area contributed by atoms with Crippen LogP contribution in [0.25, 0.3) is 0 Å². The number of rotatable bonds is 9. The molecule has 4 nitrogen and oxygen atoms in total. The van der Waals surface area contributed by atoms with Crippen molar-refractivity contribution in [1.29, 1.82) is 0 Å². The van der Waals surface area contributed by atoms with Gasteiger partial charge < -0.3 is 14.9 Å². The molecule has 0 saturated carbocycles. The molecule has 0 aromatic heterocycles. The van der Waals surface area contributed by atoms with E-state index in [0.717, 1.165) is 60.5 Å². The molecule has 0 aliphatic heterocycles. The van der Waals surface area contributed by atoms with Crippen molar-refractivity contribution < 1.29 is 19.7 Å². The summed E-state index contributed by atoms with van der Waals surface area (Å²) in [4.78, 5) is 10.9. The predicted molar refractivity (Wildman–Crippen MR) is 98.6 cm³/mol. The van der Waals surface area contributed by atoms with Crippen LogP contribution in [0, 0.1) is 0 Å². The highest BCUT2D eigenvalue weighted by Gasteiger charge is 2.23. The third-order valence-electron chi connectivity index (χ3n) is 3.77. The molecule has 1 aromatic rings. The molecule has 0 amide bonds. The number of unbranched alkanes of at least 4 members (excludes halogenated alkanes) is 4. The number of benzene rings is 1. The lowest BCUT2D eigenvalue weighted by atomic mass is 9.95. The Morgan fingerprint density at radius 2 is 1.48 bits per heavy atom. The molecule has 0 radical (unpaired) electrons. The van der Waals surface area contributed by atoms with Gasteiger partial charge in [0.2, 0.25) is 0 Å². The number of halogens is 2. The van der Waals surface area contributed by atoms with E-state index in [2.05, 4.69) is 45.7 Å². The van der Waals surface area contributed by atoms with E-state index in [0.29, 0.717) is 10.9 Å². The third-order valence-corrected chi connectivity index (χ3v) is 5.94. The van der Waals surface area contributed by atoms with E-state index in [1.54, 1.807) is 0 Å². The van der Waals surface area contributed by atoms with Crippen LogP contribution in [-0.4, -0.2) is 16.4 Å². The van der Waals surface area contributed by atoms with Gasteiger partial charge in [-0.3, -0.25) is 0 Å². The summed E-state index contributed by atoms with van der Waals surface area (Å²) in [5.41, 5.74) is 1.83. The van der Waals surface area contributed by atoms with Crippen LogP contribution >= 0.6 is 31.9 Å². The lowest BCUT2D eigenvalue weighted by Gasteiger charge is -2.18. The average Bonchev–Trinajstić information content (AvgIpc) is 2.51. The lowest BCUT2D eigenvalue weighted by molar-refractivity contribution is 0.142. The quantitative estimate of drug-likeness (QED) is 0.257. The molecule has 0 atom stereocenters. The van der Waals surface area contributed by atoms with Gasteiger partial charge in [0.05, 0.1) is 4.47 Å². The van der Waals surface area contributed by atoms with Crippen LogP contribution in [0.3, 0.4) is 0 Å². The Morgan fingerprint density at radius 3 is 1.96 bits per heavy atom. The molecule has 0 heterocycles. The molecule has 0 spiro atoms. The first-order chi connectivity index (χ1) is 10.9. The molecular weight excluding hydrogens is 428 g/mol. The Balaban J connectivity index is 3.26. The summed E-state index contributed by atoms with van der Waals surface area (Å²) in [5.74, 6) is -0.0970. The zero-order valence-corrected chi connectivity index (χ0v) is 16.8. The smallest absolute Gasteiger partial charge is 0.504 e. The van der Waals surface area contributed by atoms with Crippen molar-refractivity contribution in [1.82, 2.24) is 0 Å². The average molecular weight is 452 g/mol. The molecule has 2 N–H and O–H groups in total. The second kappa shape index (κ2) is 10.2. The van der Waals surface area contributed by atoms with Gasteiger partial charge in [-0.2, -0.15) is 0 Å². The highest BCUT2D eigenvalue weighted by Crippen LogP contribution is 2.46. The SMILES string of the molecule is CCCCCc1c(O)c(OC(=O)O)c(Br)c(Br)c1CCCCC. The number of carbonyl (C=O) groups is 1. The standard InChI is InChI=1S/C17H24Br2O4/c1-3-5-7-9-11-12(10-8-6-4-2)15(20)16(23-17(21)22)14(19)13(11)18/h20H,3-10H2,1-2H3,(H,21,22). The fourth-order valence-corrected chi connectivity index (χ4v) is 3.69. The Hall–Kier alpha value is -0.750. The van der Waals surface area contributed by atoms with Gasteiger partial charge in [-0.15, -0.1) is 0 Å². The lowest BCUT2D eigenvalue weighted by Crippen LogP contribution is -2.07. The maximum absolute atomic E-state index is 10.9. The van der Waals surface area contributed by atoms with Gasteiger partial charge in [0.15, 0.2) is 11.5 Å². The van der Waals surface area contributed by atoms with Crippen molar-refractivity contribution in [3.63, 3.8) is 0 Å². The van der Waals surface area contributed by atoms with Gasteiger partial charge >= 0.3 is 6.16 Å². The van der Waals surface area contributed by atoms with E-state index < -0.39 is 6.16 Å². The number of phenolic OH excluding ortho intramolecular Hbond substituents is 1. The molecule has 6 heteroatoms. The van der Waals surface area contributed by atoms with E-state index >= 15 is 0 Å². The molecule has 1 aromatic carbocycles. The van der Waals surface area contributed by atoms with Crippen molar-refractivity contribution >= 4 is 38.0 Å². The number of phenols is 1. The van der Waals surface area contributed by atoms with Gasteiger partial charge in [0.1, 0.15) is 0 Å². The number of hydrogen-bond donors (Lipinski definition) is 2. The maximum atomic E-state index is 10.9. The fraction of sp³-hybridized carbons (Fsp3) is 0.588. The van der Waals surface area contributed by atoms with Crippen molar-refractivity contribution in [3.05, 3.63) is 20.1 Å².